The van der Waals surface area contributed by atoms with Gasteiger partial charge in [0.15, 0.2) is 5.78 Å². The van der Waals surface area contributed by atoms with Crippen LogP contribution in [0, 0.1) is 6.92 Å². The highest BCUT2D eigenvalue weighted by Crippen LogP contribution is 2.35. The fraction of sp³-hybridized carbons (Fsp3) is 0.312. The van der Waals surface area contributed by atoms with Crippen molar-refractivity contribution in [2.24, 2.45) is 0 Å². The third kappa shape index (κ3) is 2.62. The minimum Gasteiger partial charge on any atom is -0.316 e. The third-order valence-corrected chi connectivity index (χ3v) is 4.50. The van der Waals surface area contributed by atoms with Crippen LogP contribution in [-0.4, -0.2) is 16.1 Å². The van der Waals surface area contributed by atoms with Gasteiger partial charge in [0.05, 0.1) is 5.69 Å². The topological polar surface area (TPSA) is 22.0 Å². The number of benzene rings is 1. The number of hydrogen-bond donors (Lipinski definition) is 0. The van der Waals surface area contributed by atoms with Crippen LogP contribution in [0.1, 0.15) is 34.6 Å². The van der Waals surface area contributed by atoms with Crippen molar-refractivity contribution in [3.8, 4) is 5.69 Å². The smallest absolute Gasteiger partial charge is 0.288 e. The maximum Gasteiger partial charge on any atom is 0.288 e. The number of thioether (sulfide) groups is 1. The first kappa shape index (κ1) is 14.3. The Kier molecular flexibility index (Phi) is 3.85. The van der Waals surface area contributed by atoms with Gasteiger partial charge in [-0.25, -0.2) is 0 Å². The Morgan fingerprint density at radius 1 is 1.24 bits per heavy atom. The molecule has 0 fully saturated rings. The normalized spacial score (nSPS) is 14.6. The van der Waals surface area contributed by atoms with E-state index in [0.717, 1.165) is 35.5 Å². The quantitative estimate of drug-likeness (QED) is 0.772. The van der Waals surface area contributed by atoms with Gasteiger partial charge in [0.25, 0.3) is 5.76 Å². The Hall–Kier alpha value is -1.62. The van der Waals surface area contributed by atoms with E-state index < -0.39 is 5.76 Å². The van der Waals surface area contributed by atoms with Crippen molar-refractivity contribution in [2.75, 3.05) is 0 Å². The molecule has 0 spiro atoms. The van der Waals surface area contributed by atoms with Gasteiger partial charge in [-0.2, -0.15) is 8.78 Å². The molecule has 0 saturated heterocycles. The molecule has 1 aliphatic rings. The summed E-state index contributed by atoms with van der Waals surface area (Å²) >= 11 is 0.544. The summed E-state index contributed by atoms with van der Waals surface area (Å²) in [5.74, 6) is -2.31. The zero-order valence-corrected chi connectivity index (χ0v) is 12.4. The molecule has 0 atom stereocenters. The number of aryl methyl sites for hydroxylation is 1. The predicted molar refractivity (Wildman–Crippen MR) is 79.6 cm³/mol. The molecule has 110 valence electrons. The van der Waals surface area contributed by atoms with Crippen LogP contribution in [0.4, 0.5) is 8.78 Å². The number of nitrogens with zero attached hydrogens (tertiary/aromatic N) is 1. The number of ketones is 1. The molecule has 0 unspecified atom stereocenters. The van der Waals surface area contributed by atoms with Crippen LogP contribution in [-0.2, 0) is 6.42 Å². The van der Waals surface area contributed by atoms with Crippen molar-refractivity contribution in [3.63, 3.8) is 0 Å². The number of aromatic nitrogens is 1. The zero-order valence-electron chi connectivity index (χ0n) is 11.6. The molecule has 0 saturated carbocycles. The summed E-state index contributed by atoms with van der Waals surface area (Å²) in [6, 6.07) is 8.99. The van der Waals surface area contributed by atoms with Gasteiger partial charge in [0.2, 0.25) is 0 Å². The second-order valence-corrected chi connectivity index (χ2v) is 6.14. The summed E-state index contributed by atoms with van der Waals surface area (Å²) in [6.45, 7) is 1.91. The number of fused-ring (bicyclic) bond motifs is 1. The van der Waals surface area contributed by atoms with Crippen LogP contribution in [0.5, 0.6) is 0 Å². The molecule has 0 aliphatic heterocycles. The second kappa shape index (κ2) is 5.64. The summed E-state index contributed by atoms with van der Waals surface area (Å²) in [5, 5.41) is 0. The number of Topliss-reactive ketones (excluding diaryl/α,β-unsaturated/α-hetero) is 1. The van der Waals surface area contributed by atoms with E-state index in [1.54, 1.807) is 12.1 Å². The maximum absolute atomic E-state index is 12.7. The standard InChI is InChI=1S/C16H15F2NOS/c1-10-9-11-12(6-4-7-14(11)20)19(10)13-5-2-3-8-15(13)21-16(17)18/h2-3,5,8-9,16H,4,6-7H2,1H3. The largest absolute Gasteiger partial charge is 0.316 e. The van der Waals surface area contributed by atoms with Crippen LogP contribution >= 0.6 is 11.8 Å². The first-order valence-corrected chi connectivity index (χ1v) is 7.74. The van der Waals surface area contributed by atoms with Gasteiger partial charge in [-0.15, -0.1) is 0 Å². The molecule has 2 nitrogen and oxygen atoms in total. The minimum absolute atomic E-state index is 0.150. The highest BCUT2D eigenvalue weighted by Gasteiger charge is 2.24. The molecular weight excluding hydrogens is 292 g/mol. The molecule has 3 rings (SSSR count). The molecule has 5 heteroatoms. The molecule has 2 aromatic rings. The third-order valence-electron chi connectivity index (χ3n) is 3.73. The summed E-state index contributed by atoms with van der Waals surface area (Å²) in [7, 11) is 0. The van der Waals surface area contributed by atoms with Crippen molar-refractivity contribution >= 4 is 17.5 Å². The summed E-state index contributed by atoms with van der Waals surface area (Å²) in [5.41, 5.74) is 3.34. The molecule has 0 amide bonds. The maximum atomic E-state index is 12.7. The molecule has 0 bridgehead atoms. The highest BCUT2D eigenvalue weighted by molar-refractivity contribution is 7.99. The predicted octanol–water partition coefficient (Wildman–Crippen LogP) is 4.62. The number of carbonyl (C=O) groups is 1. The molecule has 1 heterocycles. The second-order valence-electron chi connectivity index (χ2n) is 5.10. The van der Waals surface area contributed by atoms with E-state index in [9.17, 15) is 13.6 Å². The lowest BCUT2D eigenvalue weighted by atomic mass is 9.96. The molecule has 21 heavy (non-hydrogen) atoms. The van der Waals surface area contributed by atoms with Crippen molar-refractivity contribution < 1.29 is 13.6 Å². The Balaban J connectivity index is 2.16. The van der Waals surface area contributed by atoms with Gasteiger partial charge in [-0.1, -0.05) is 23.9 Å². The number of alkyl halides is 2. The summed E-state index contributed by atoms with van der Waals surface area (Å²) < 4.78 is 27.4. The van der Waals surface area contributed by atoms with E-state index >= 15 is 0 Å². The van der Waals surface area contributed by atoms with Gasteiger partial charge in [-0.05, 0) is 38.0 Å². The number of carbonyl (C=O) groups excluding carboxylic acids is 1. The number of hydrogen-bond acceptors (Lipinski definition) is 2. The van der Waals surface area contributed by atoms with E-state index in [1.165, 1.54) is 0 Å². The lowest BCUT2D eigenvalue weighted by Gasteiger charge is -2.18. The fourth-order valence-corrected chi connectivity index (χ4v) is 3.53. The van der Waals surface area contributed by atoms with Crippen LogP contribution in [0.15, 0.2) is 35.2 Å². The van der Waals surface area contributed by atoms with Crippen LogP contribution in [0.25, 0.3) is 5.69 Å². The SMILES string of the molecule is Cc1cc2c(n1-c1ccccc1SC(F)F)CCCC2=O. The Bertz CT molecular complexity index is 694. The van der Waals surface area contributed by atoms with E-state index in [4.69, 9.17) is 0 Å². The van der Waals surface area contributed by atoms with E-state index in [2.05, 4.69) is 0 Å². The molecule has 1 aromatic heterocycles. The fourth-order valence-electron chi connectivity index (χ4n) is 2.90. The van der Waals surface area contributed by atoms with Gasteiger partial charge in [0, 0.05) is 28.3 Å². The van der Waals surface area contributed by atoms with Gasteiger partial charge in [0.1, 0.15) is 0 Å². The molecular formula is C16H15F2NOS. The average Bonchev–Trinajstić information content (AvgIpc) is 2.77. The van der Waals surface area contributed by atoms with E-state index in [0.29, 0.717) is 23.1 Å². The van der Waals surface area contributed by atoms with Crippen LogP contribution in [0.3, 0.4) is 0 Å². The van der Waals surface area contributed by atoms with Crippen LogP contribution < -0.4 is 0 Å². The first-order valence-electron chi connectivity index (χ1n) is 6.86. The van der Waals surface area contributed by atoms with Gasteiger partial charge < -0.3 is 4.57 Å². The summed E-state index contributed by atoms with van der Waals surface area (Å²) in [4.78, 5) is 12.5. The van der Waals surface area contributed by atoms with Crippen molar-refractivity contribution in [1.82, 2.24) is 4.57 Å². The highest BCUT2D eigenvalue weighted by atomic mass is 32.2. The number of halogens is 2. The Morgan fingerprint density at radius 3 is 2.76 bits per heavy atom. The molecule has 0 N–H and O–H groups in total. The minimum atomic E-state index is -2.46. The van der Waals surface area contributed by atoms with Crippen molar-refractivity contribution in [2.45, 2.75) is 36.8 Å². The van der Waals surface area contributed by atoms with E-state index in [-0.39, 0.29) is 5.78 Å². The van der Waals surface area contributed by atoms with Gasteiger partial charge in [-0.3, -0.25) is 4.79 Å². The summed E-state index contributed by atoms with van der Waals surface area (Å²) in [6.07, 6.45) is 2.20. The van der Waals surface area contributed by atoms with Gasteiger partial charge >= 0.3 is 0 Å². The Morgan fingerprint density at radius 2 is 2.00 bits per heavy atom. The molecule has 1 aliphatic carbocycles. The number of para-hydroxylation sites is 1. The monoisotopic (exact) mass is 307 g/mol. The number of rotatable bonds is 3. The molecule has 1 aromatic carbocycles. The Labute approximate surface area is 126 Å². The average molecular weight is 307 g/mol. The van der Waals surface area contributed by atoms with Crippen molar-refractivity contribution in [3.05, 3.63) is 47.3 Å². The lowest BCUT2D eigenvalue weighted by Crippen LogP contribution is -2.13. The first-order chi connectivity index (χ1) is 10.1. The van der Waals surface area contributed by atoms with E-state index in [1.807, 2.05) is 29.7 Å². The van der Waals surface area contributed by atoms with Crippen LogP contribution in [0.2, 0.25) is 0 Å². The molecule has 0 radical (unpaired) electrons. The van der Waals surface area contributed by atoms with Crippen molar-refractivity contribution in [1.29, 1.82) is 0 Å². The lowest BCUT2D eigenvalue weighted by molar-refractivity contribution is 0.0972. The zero-order chi connectivity index (χ0) is 15.0.